The zero-order valence-corrected chi connectivity index (χ0v) is 11.9. The molecule has 12 N–H and O–H groups in total. The Labute approximate surface area is 127 Å². The molecule has 22 heavy (non-hydrogen) atoms. The molecule has 0 fully saturated rings. The molecule has 0 aromatic heterocycles. The summed E-state index contributed by atoms with van der Waals surface area (Å²) in [6.07, 6.45) is 0. The summed E-state index contributed by atoms with van der Waals surface area (Å²) in [5.41, 5.74) is 36.5. The van der Waals surface area contributed by atoms with Crippen LogP contribution in [0.3, 0.4) is 0 Å². The van der Waals surface area contributed by atoms with E-state index in [0.717, 1.165) is 0 Å². The van der Waals surface area contributed by atoms with E-state index < -0.39 is 5.78 Å². The number of anilines is 6. The number of allylic oxidation sites excluding steroid dienone is 1. The standard InChI is InChI=1S/C15H18N6O/c1-6(7-2-3-9(16)10(17)4-7)15(22)8-5-11(18)13(20)14(21)12(8)19/h2-5H,1,16-21H2. The first-order chi connectivity index (χ1) is 10.2. The van der Waals surface area contributed by atoms with Crippen LogP contribution in [-0.4, -0.2) is 5.78 Å². The van der Waals surface area contributed by atoms with Crippen molar-refractivity contribution in [2.24, 2.45) is 0 Å². The van der Waals surface area contributed by atoms with Gasteiger partial charge in [0.15, 0.2) is 5.78 Å². The SMILES string of the molecule is C=C(C(=O)c1cc(N)c(N)c(N)c1N)c1ccc(N)c(N)c1. The van der Waals surface area contributed by atoms with Crippen LogP contribution in [0.1, 0.15) is 15.9 Å². The number of rotatable bonds is 3. The van der Waals surface area contributed by atoms with Gasteiger partial charge >= 0.3 is 0 Å². The third kappa shape index (κ3) is 2.35. The van der Waals surface area contributed by atoms with E-state index >= 15 is 0 Å². The highest BCUT2D eigenvalue weighted by Gasteiger charge is 2.19. The van der Waals surface area contributed by atoms with Gasteiger partial charge in [0.2, 0.25) is 0 Å². The number of hydrogen-bond donors (Lipinski definition) is 6. The van der Waals surface area contributed by atoms with Crippen molar-refractivity contribution in [3.63, 3.8) is 0 Å². The minimum atomic E-state index is -0.417. The fourth-order valence-corrected chi connectivity index (χ4v) is 2.00. The Morgan fingerprint density at radius 2 is 1.41 bits per heavy atom. The normalized spacial score (nSPS) is 10.4. The second-order valence-corrected chi connectivity index (χ2v) is 4.91. The molecule has 114 valence electrons. The van der Waals surface area contributed by atoms with Crippen molar-refractivity contribution in [1.29, 1.82) is 0 Å². The summed E-state index contributed by atoms with van der Waals surface area (Å²) in [5, 5.41) is 0. The quantitative estimate of drug-likeness (QED) is 0.279. The fourth-order valence-electron chi connectivity index (χ4n) is 2.00. The van der Waals surface area contributed by atoms with Crippen LogP contribution in [-0.2, 0) is 0 Å². The third-order valence-corrected chi connectivity index (χ3v) is 3.44. The lowest BCUT2D eigenvalue weighted by Gasteiger charge is -2.14. The smallest absolute Gasteiger partial charge is 0.195 e. The first-order valence-corrected chi connectivity index (χ1v) is 6.36. The first-order valence-electron chi connectivity index (χ1n) is 6.36. The molecule has 7 heteroatoms. The van der Waals surface area contributed by atoms with Gasteiger partial charge < -0.3 is 34.4 Å². The van der Waals surface area contributed by atoms with E-state index in [2.05, 4.69) is 6.58 Å². The molecular formula is C15H18N6O. The monoisotopic (exact) mass is 298 g/mol. The zero-order valence-electron chi connectivity index (χ0n) is 11.9. The summed E-state index contributed by atoms with van der Waals surface area (Å²) in [6.45, 7) is 3.78. The van der Waals surface area contributed by atoms with E-state index in [9.17, 15) is 4.79 Å². The summed E-state index contributed by atoms with van der Waals surface area (Å²) >= 11 is 0. The molecular weight excluding hydrogens is 280 g/mol. The molecule has 0 heterocycles. The van der Waals surface area contributed by atoms with Gasteiger partial charge in [0.25, 0.3) is 0 Å². The van der Waals surface area contributed by atoms with Crippen molar-refractivity contribution in [1.82, 2.24) is 0 Å². The molecule has 0 aliphatic rings. The van der Waals surface area contributed by atoms with Gasteiger partial charge in [-0.25, -0.2) is 0 Å². The van der Waals surface area contributed by atoms with Crippen LogP contribution >= 0.6 is 0 Å². The Hall–Kier alpha value is -3.35. The second-order valence-electron chi connectivity index (χ2n) is 4.91. The molecule has 0 saturated heterocycles. The van der Waals surface area contributed by atoms with Gasteiger partial charge in [0, 0.05) is 11.1 Å². The molecule has 0 bridgehead atoms. The molecule has 0 aliphatic heterocycles. The van der Waals surface area contributed by atoms with Crippen LogP contribution < -0.4 is 34.4 Å². The highest BCUT2D eigenvalue weighted by atomic mass is 16.1. The van der Waals surface area contributed by atoms with Gasteiger partial charge in [-0.15, -0.1) is 0 Å². The number of nitrogen functional groups attached to an aromatic ring is 6. The summed E-state index contributed by atoms with van der Waals surface area (Å²) in [6, 6.07) is 6.19. The number of carbonyl (C=O) groups is 1. The minimum Gasteiger partial charge on any atom is -0.397 e. The van der Waals surface area contributed by atoms with Crippen LogP contribution in [0.5, 0.6) is 0 Å². The van der Waals surface area contributed by atoms with E-state index in [-0.39, 0.29) is 33.9 Å². The molecule has 0 aliphatic carbocycles. The summed E-state index contributed by atoms with van der Waals surface area (Å²) in [4.78, 5) is 12.6. The molecule has 2 aromatic rings. The number of hydrogen-bond acceptors (Lipinski definition) is 7. The van der Waals surface area contributed by atoms with Crippen molar-refractivity contribution in [3.05, 3.63) is 42.0 Å². The molecule has 0 spiro atoms. The van der Waals surface area contributed by atoms with Gasteiger partial charge in [0.05, 0.1) is 34.1 Å². The summed E-state index contributed by atoms with van der Waals surface area (Å²) in [7, 11) is 0. The predicted octanol–water partition coefficient (Wildman–Crippen LogP) is 1.08. The number of benzene rings is 2. The number of nitrogens with two attached hydrogens (primary N) is 6. The first kappa shape index (κ1) is 15.0. The fraction of sp³-hybridized carbons (Fsp3) is 0. The molecule has 0 atom stereocenters. The molecule has 0 saturated carbocycles. The van der Waals surface area contributed by atoms with Gasteiger partial charge in [-0.2, -0.15) is 0 Å². The second kappa shape index (κ2) is 5.21. The van der Waals surface area contributed by atoms with Crippen LogP contribution in [0.4, 0.5) is 34.1 Å². The van der Waals surface area contributed by atoms with Crippen LogP contribution in [0.2, 0.25) is 0 Å². The molecule has 0 unspecified atom stereocenters. The van der Waals surface area contributed by atoms with Gasteiger partial charge in [-0.3, -0.25) is 4.79 Å². The van der Waals surface area contributed by atoms with Crippen LogP contribution in [0, 0.1) is 0 Å². The lowest BCUT2D eigenvalue weighted by Crippen LogP contribution is -2.11. The molecule has 7 nitrogen and oxygen atoms in total. The Morgan fingerprint density at radius 3 is 2.00 bits per heavy atom. The van der Waals surface area contributed by atoms with Gasteiger partial charge in [0.1, 0.15) is 0 Å². The third-order valence-electron chi connectivity index (χ3n) is 3.44. The van der Waals surface area contributed by atoms with E-state index in [1.54, 1.807) is 18.2 Å². The largest absolute Gasteiger partial charge is 0.397 e. The molecule has 2 aromatic carbocycles. The predicted molar refractivity (Wildman–Crippen MR) is 92.7 cm³/mol. The maximum absolute atomic E-state index is 12.6. The Balaban J connectivity index is 2.48. The zero-order chi connectivity index (χ0) is 16.6. The van der Waals surface area contributed by atoms with Crippen molar-refractivity contribution >= 4 is 45.5 Å². The molecule has 2 rings (SSSR count). The van der Waals surface area contributed by atoms with Crippen LogP contribution in [0.25, 0.3) is 5.57 Å². The van der Waals surface area contributed by atoms with Gasteiger partial charge in [-0.05, 0) is 23.8 Å². The Bertz CT molecular complexity index is 797. The Morgan fingerprint density at radius 1 is 0.773 bits per heavy atom. The van der Waals surface area contributed by atoms with Crippen molar-refractivity contribution in [2.45, 2.75) is 0 Å². The van der Waals surface area contributed by atoms with E-state index in [1.807, 2.05) is 0 Å². The average molecular weight is 298 g/mol. The number of carbonyl (C=O) groups excluding carboxylic acids is 1. The number of Topliss-reactive ketones (excluding diaryl/α,β-unsaturated/α-hetero) is 1. The summed E-state index contributed by atoms with van der Waals surface area (Å²) in [5.74, 6) is -0.417. The topological polar surface area (TPSA) is 173 Å². The lowest BCUT2D eigenvalue weighted by molar-refractivity contribution is 0.105. The van der Waals surface area contributed by atoms with Crippen molar-refractivity contribution < 1.29 is 4.79 Å². The van der Waals surface area contributed by atoms with Crippen molar-refractivity contribution in [2.75, 3.05) is 34.4 Å². The highest BCUT2D eigenvalue weighted by Crippen LogP contribution is 2.34. The van der Waals surface area contributed by atoms with E-state index in [0.29, 0.717) is 16.9 Å². The van der Waals surface area contributed by atoms with E-state index in [4.69, 9.17) is 34.4 Å². The minimum absolute atomic E-state index is 0.0706. The number of ketones is 1. The Kier molecular flexibility index (Phi) is 3.56. The summed E-state index contributed by atoms with van der Waals surface area (Å²) < 4.78 is 0. The maximum atomic E-state index is 12.6. The lowest BCUT2D eigenvalue weighted by atomic mass is 9.95. The van der Waals surface area contributed by atoms with E-state index in [1.165, 1.54) is 6.07 Å². The van der Waals surface area contributed by atoms with Crippen LogP contribution in [0.15, 0.2) is 30.8 Å². The molecule has 0 amide bonds. The molecule has 0 radical (unpaired) electrons. The van der Waals surface area contributed by atoms with Gasteiger partial charge in [-0.1, -0.05) is 12.6 Å². The van der Waals surface area contributed by atoms with Crippen molar-refractivity contribution in [3.8, 4) is 0 Å². The maximum Gasteiger partial charge on any atom is 0.195 e. The highest BCUT2D eigenvalue weighted by molar-refractivity contribution is 6.31. The average Bonchev–Trinajstić information content (AvgIpc) is 2.50.